The van der Waals surface area contributed by atoms with Crippen LogP contribution in [0.15, 0.2) is 70.9 Å². The number of amides is 1. The Hall–Kier alpha value is -2.68. The number of benzene rings is 2. The second-order valence-corrected chi connectivity index (χ2v) is 11.1. The molecule has 2 N–H and O–H groups in total. The molecule has 2 heterocycles. The van der Waals surface area contributed by atoms with Gasteiger partial charge in [0, 0.05) is 22.2 Å². The van der Waals surface area contributed by atoms with E-state index in [0.29, 0.717) is 11.3 Å². The summed E-state index contributed by atoms with van der Waals surface area (Å²) in [4.78, 5) is 16.8. The number of anilines is 1. The van der Waals surface area contributed by atoms with E-state index >= 15 is 0 Å². The third-order valence-electron chi connectivity index (χ3n) is 5.91. The van der Waals surface area contributed by atoms with Crippen molar-refractivity contribution in [1.29, 1.82) is 0 Å². The summed E-state index contributed by atoms with van der Waals surface area (Å²) in [5, 5.41) is 5.16. The summed E-state index contributed by atoms with van der Waals surface area (Å²) in [6, 6.07) is 17.4. The predicted octanol–water partition coefficient (Wildman–Crippen LogP) is 4.81. The SMILES string of the molecule is Cc1ccc(NS(=O)(=O)c2cccc(C(=O)NC(C)C(c3cccs3)N3CCCC3)c2)cc1. The van der Waals surface area contributed by atoms with Crippen molar-refractivity contribution in [1.82, 2.24) is 10.2 Å². The Bertz CT molecular complexity index is 1190. The van der Waals surface area contributed by atoms with Crippen LogP contribution in [0.3, 0.4) is 0 Å². The van der Waals surface area contributed by atoms with Crippen LogP contribution < -0.4 is 10.0 Å². The maximum atomic E-state index is 13.1. The van der Waals surface area contributed by atoms with Crippen molar-refractivity contribution >= 4 is 33.0 Å². The fourth-order valence-electron chi connectivity index (χ4n) is 4.23. The van der Waals surface area contributed by atoms with E-state index in [1.807, 2.05) is 32.0 Å². The molecule has 1 aliphatic rings. The minimum Gasteiger partial charge on any atom is -0.348 e. The number of thiophene rings is 1. The van der Waals surface area contributed by atoms with Gasteiger partial charge in [0.2, 0.25) is 0 Å². The molecular weight excluding hydrogens is 454 g/mol. The van der Waals surface area contributed by atoms with Crippen LogP contribution in [0, 0.1) is 6.92 Å². The first kappa shape index (κ1) is 23.5. The van der Waals surface area contributed by atoms with E-state index in [1.54, 1.807) is 35.6 Å². The lowest BCUT2D eigenvalue weighted by atomic mass is 10.1. The topological polar surface area (TPSA) is 78.5 Å². The van der Waals surface area contributed by atoms with E-state index in [2.05, 4.69) is 26.4 Å². The van der Waals surface area contributed by atoms with Gasteiger partial charge in [-0.3, -0.25) is 14.4 Å². The molecule has 33 heavy (non-hydrogen) atoms. The molecule has 1 aliphatic heterocycles. The molecular formula is C25H29N3O3S2. The molecule has 0 saturated carbocycles. The van der Waals surface area contributed by atoms with Crippen molar-refractivity contribution in [2.45, 2.75) is 43.7 Å². The highest BCUT2D eigenvalue weighted by Crippen LogP contribution is 2.31. The molecule has 0 aliphatic carbocycles. The highest BCUT2D eigenvalue weighted by molar-refractivity contribution is 7.92. The monoisotopic (exact) mass is 483 g/mol. The van der Waals surface area contributed by atoms with E-state index in [9.17, 15) is 13.2 Å². The first-order chi connectivity index (χ1) is 15.8. The van der Waals surface area contributed by atoms with Gasteiger partial charge in [-0.2, -0.15) is 0 Å². The highest BCUT2D eigenvalue weighted by Gasteiger charge is 2.30. The van der Waals surface area contributed by atoms with Gasteiger partial charge in [-0.15, -0.1) is 11.3 Å². The highest BCUT2D eigenvalue weighted by atomic mass is 32.2. The summed E-state index contributed by atoms with van der Waals surface area (Å²) in [5.41, 5.74) is 1.84. The summed E-state index contributed by atoms with van der Waals surface area (Å²) in [6.45, 7) is 5.98. The third kappa shape index (κ3) is 5.63. The normalized spacial score (nSPS) is 16.3. The molecule has 2 atom stereocenters. The zero-order valence-corrected chi connectivity index (χ0v) is 20.5. The summed E-state index contributed by atoms with van der Waals surface area (Å²) in [5.74, 6) is -0.282. The number of rotatable bonds is 8. The first-order valence-electron chi connectivity index (χ1n) is 11.1. The zero-order chi connectivity index (χ0) is 23.4. The third-order valence-corrected chi connectivity index (χ3v) is 8.23. The van der Waals surface area contributed by atoms with Crippen molar-refractivity contribution in [3.63, 3.8) is 0 Å². The van der Waals surface area contributed by atoms with Gasteiger partial charge >= 0.3 is 0 Å². The molecule has 0 spiro atoms. The Morgan fingerprint density at radius 2 is 1.76 bits per heavy atom. The number of nitrogens with zero attached hydrogens (tertiary/aromatic N) is 1. The number of sulfonamides is 1. The van der Waals surface area contributed by atoms with Crippen LogP contribution in [0.5, 0.6) is 0 Å². The van der Waals surface area contributed by atoms with Gasteiger partial charge in [-0.1, -0.05) is 29.8 Å². The van der Waals surface area contributed by atoms with Crippen LogP contribution in [0.4, 0.5) is 5.69 Å². The minimum absolute atomic E-state index is 0.0535. The average molecular weight is 484 g/mol. The second-order valence-electron chi connectivity index (χ2n) is 8.46. The Labute approximate surface area is 199 Å². The summed E-state index contributed by atoms with van der Waals surface area (Å²) < 4.78 is 28.3. The Kier molecular flexibility index (Phi) is 7.17. The fraction of sp³-hybridized carbons (Fsp3) is 0.320. The van der Waals surface area contributed by atoms with Gasteiger partial charge in [0.1, 0.15) is 0 Å². The summed E-state index contributed by atoms with van der Waals surface area (Å²) >= 11 is 1.70. The van der Waals surface area contributed by atoms with Crippen molar-refractivity contribution < 1.29 is 13.2 Å². The molecule has 3 aromatic rings. The molecule has 174 valence electrons. The summed E-state index contributed by atoms with van der Waals surface area (Å²) in [7, 11) is -3.81. The van der Waals surface area contributed by atoms with E-state index in [-0.39, 0.29) is 22.9 Å². The number of aryl methyl sites for hydroxylation is 1. The number of likely N-dealkylation sites (tertiary alicyclic amines) is 1. The molecule has 1 saturated heterocycles. The number of carbonyl (C=O) groups is 1. The molecule has 0 bridgehead atoms. The van der Waals surface area contributed by atoms with Gasteiger partial charge in [0.05, 0.1) is 10.9 Å². The summed E-state index contributed by atoms with van der Waals surface area (Å²) in [6.07, 6.45) is 2.33. The second kappa shape index (κ2) is 10.1. The Morgan fingerprint density at radius 1 is 1.03 bits per heavy atom. The lowest BCUT2D eigenvalue weighted by molar-refractivity contribution is 0.0907. The Morgan fingerprint density at radius 3 is 2.42 bits per heavy atom. The fourth-order valence-corrected chi connectivity index (χ4v) is 6.30. The van der Waals surface area contributed by atoms with Crippen LogP contribution in [0.2, 0.25) is 0 Å². The van der Waals surface area contributed by atoms with E-state index < -0.39 is 10.0 Å². The van der Waals surface area contributed by atoms with E-state index in [4.69, 9.17) is 0 Å². The zero-order valence-electron chi connectivity index (χ0n) is 18.8. The lowest BCUT2D eigenvalue weighted by Crippen LogP contribution is -2.43. The van der Waals surface area contributed by atoms with Gasteiger partial charge in [-0.25, -0.2) is 8.42 Å². The molecule has 8 heteroatoms. The molecule has 2 aromatic carbocycles. The Balaban J connectivity index is 1.50. The average Bonchev–Trinajstić information content (AvgIpc) is 3.51. The van der Waals surface area contributed by atoms with Crippen LogP contribution in [0.1, 0.15) is 46.6 Å². The van der Waals surface area contributed by atoms with Gasteiger partial charge in [0.25, 0.3) is 15.9 Å². The lowest BCUT2D eigenvalue weighted by Gasteiger charge is -2.32. The molecule has 0 radical (unpaired) electrons. The maximum Gasteiger partial charge on any atom is 0.261 e. The number of nitrogens with one attached hydrogen (secondary N) is 2. The van der Waals surface area contributed by atoms with Crippen LogP contribution >= 0.6 is 11.3 Å². The first-order valence-corrected chi connectivity index (χ1v) is 13.5. The van der Waals surface area contributed by atoms with Crippen molar-refractivity contribution in [2.24, 2.45) is 0 Å². The van der Waals surface area contributed by atoms with E-state index in [0.717, 1.165) is 31.5 Å². The maximum absolute atomic E-state index is 13.1. The minimum atomic E-state index is -3.81. The van der Waals surface area contributed by atoms with Crippen molar-refractivity contribution in [3.8, 4) is 0 Å². The van der Waals surface area contributed by atoms with Crippen LogP contribution in [0.25, 0.3) is 0 Å². The quantitative estimate of drug-likeness (QED) is 0.482. The van der Waals surface area contributed by atoms with Crippen molar-refractivity contribution in [2.75, 3.05) is 17.8 Å². The molecule has 1 fully saturated rings. The molecule has 4 rings (SSSR count). The van der Waals surface area contributed by atoms with Crippen LogP contribution in [-0.4, -0.2) is 38.4 Å². The molecule has 1 aromatic heterocycles. The molecule has 6 nitrogen and oxygen atoms in total. The van der Waals surface area contributed by atoms with E-state index in [1.165, 1.54) is 17.0 Å². The van der Waals surface area contributed by atoms with Crippen LogP contribution in [-0.2, 0) is 10.0 Å². The van der Waals surface area contributed by atoms with Gasteiger partial charge < -0.3 is 5.32 Å². The van der Waals surface area contributed by atoms with Crippen molar-refractivity contribution in [3.05, 3.63) is 82.0 Å². The predicted molar refractivity (Wildman–Crippen MR) is 133 cm³/mol. The number of carbonyl (C=O) groups excluding carboxylic acids is 1. The molecule has 1 amide bonds. The standard InChI is InChI=1S/C25H29N3O3S2/c1-18-10-12-21(13-11-18)27-33(30,31)22-8-5-7-20(17-22)25(29)26-19(2)24(23-9-6-16-32-23)28-14-3-4-15-28/h5-13,16-17,19,24,27H,3-4,14-15H2,1-2H3,(H,26,29). The van der Waals surface area contributed by atoms with Gasteiger partial charge in [0.15, 0.2) is 0 Å². The molecule has 2 unspecified atom stereocenters. The van der Waals surface area contributed by atoms with Gasteiger partial charge in [-0.05, 0) is 81.6 Å². The smallest absolute Gasteiger partial charge is 0.261 e. The number of hydrogen-bond acceptors (Lipinski definition) is 5. The number of hydrogen-bond donors (Lipinski definition) is 2. The largest absolute Gasteiger partial charge is 0.348 e.